The first-order valence-electron chi connectivity index (χ1n) is 5.06. The molecule has 2 N–H and O–H groups in total. The molecule has 0 unspecified atom stereocenters. The third-order valence-electron chi connectivity index (χ3n) is 2.74. The minimum atomic E-state index is -0.124. The van der Waals surface area contributed by atoms with Crippen molar-refractivity contribution in [1.82, 2.24) is 4.98 Å². The molecular formula is C10H16N2OS. The van der Waals surface area contributed by atoms with Gasteiger partial charge in [-0.25, -0.2) is 4.98 Å². The summed E-state index contributed by atoms with van der Waals surface area (Å²) in [5, 5.41) is 3.12. The summed E-state index contributed by atoms with van der Waals surface area (Å²) >= 11 is 1.65. The van der Waals surface area contributed by atoms with Gasteiger partial charge in [0.2, 0.25) is 0 Å². The van der Waals surface area contributed by atoms with Crippen LogP contribution in [-0.2, 0) is 16.9 Å². The molecule has 1 aliphatic rings. The minimum Gasteiger partial charge on any atom is -0.375 e. The van der Waals surface area contributed by atoms with Crippen molar-refractivity contribution in [2.45, 2.75) is 38.3 Å². The van der Waals surface area contributed by atoms with Crippen LogP contribution in [0.25, 0.3) is 0 Å². The number of hydrogen-bond donors (Lipinski definition) is 1. The van der Waals surface area contributed by atoms with Gasteiger partial charge in [-0.3, -0.25) is 0 Å². The molecule has 3 nitrogen and oxygen atoms in total. The molecule has 0 saturated heterocycles. The van der Waals surface area contributed by atoms with E-state index in [-0.39, 0.29) is 5.54 Å². The summed E-state index contributed by atoms with van der Waals surface area (Å²) in [6.07, 6.45) is 3.38. The van der Waals surface area contributed by atoms with Crippen molar-refractivity contribution in [3.63, 3.8) is 0 Å². The molecule has 0 spiro atoms. The highest BCUT2D eigenvalue weighted by Crippen LogP contribution is 2.38. The summed E-state index contributed by atoms with van der Waals surface area (Å²) in [6, 6.07) is 0. The summed E-state index contributed by atoms with van der Waals surface area (Å²) in [4.78, 5) is 4.51. The van der Waals surface area contributed by atoms with Gasteiger partial charge >= 0.3 is 0 Å². The van der Waals surface area contributed by atoms with Gasteiger partial charge in [0.15, 0.2) is 0 Å². The Kier molecular flexibility index (Phi) is 2.85. The van der Waals surface area contributed by atoms with Crippen molar-refractivity contribution in [3.05, 3.63) is 16.1 Å². The number of rotatable bonds is 4. The van der Waals surface area contributed by atoms with E-state index in [4.69, 9.17) is 10.5 Å². The Balaban J connectivity index is 2.02. The highest BCUT2D eigenvalue weighted by Gasteiger charge is 2.36. The maximum atomic E-state index is 6.17. The monoisotopic (exact) mass is 212 g/mol. The van der Waals surface area contributed by atoms with Gasteiger partial charge in [0, 0.05) is 12.0 Å². The SMILES string of the molecule is CCOCc1nc(C2(N)CCC2)cs1. The van der Waals surface area contributed by atoms with Crippen LogP contribution >= 0.6 is 11.3 Å². The maximum Gasteiger partial charge on any atom is 0.119 e. The molecule has 0 radical (unpaired) electrons. The van der Waals surface area contributed by atoms with Crippen LogP contribution in [-0.4, -0.2) is 11.6 Å². The van der Waals surface area contributed by atoms with Crippen LogP contribution in [0.5, 0.6) is 0 Å². The molecule has 1 aromatic heterocycles. The first kappa shape index (κ1) is 10.1. The summed E-state index contributed by atoms with van der Waals surface area (Å²) in [5.41, 5.74) is 7.10. The van der Waals surface area contributed by atoms with Crippen molar-refractivity contribution in [1.29, 1.82) is 0 Å². The molecule has 0 aromatic carbocycles. The largest absolute Gasteiger partial charge is 0.375 e. The van der Waals surface area contributed by atoms with Gasteiger partial charge < -0.3 is 10.5 Å². The Labute approximate surface area is 88.3 Å². The lowest BCUT2D eigenvalue weighted by molar-refractivity contribution is 0.133. The summed E-state index contributed by atoms with van der Waals surface area (Å²) in [5.74, 6) is 0. The van der Waals surface area contributed by atoms with Crippen LogP contribution in [0.15, 0.2) is 5.38 Å². The molecule has 1 heterocycles. The predicted molar refractivity (Wildman–Crippen MR) is 57.2 cm³/mol. The smallest absolute Gasteiger partial charge is 0.119 e. The average molecular weight is 212 g/mol. The molecule has 14 heavy (non-hydrogen) atoms. The summed E-state index contributed by atoms with van der Waals surface area (Å²) in [7, 11) is 0. The second-order valence-electron chi connectivity index (χ2n) is 3.77. The number of ether oxygens (including phenoxy) is 1. The van der Waals surface area contributed by atoms with Gasteiger partial charge in [-0.2, -0.15) is 0 Å². The fraction of sp³-hybridized carbons (Fsp3) is 0.700. The molecule has 78 valence electrons. The van der Waals surface area contributed by atoms with Crippen LogP contribution in [0.2, 0.25) is 0 Å². The summed E-state index contributed by atoms with van der Waals surface area (Å²) < 4.78 is 5.30. The zero-order valence-electron chi connectivity index (χ0n) is 8.45. The molecule has 2 rings (SSSR count). The number of nitrogens with two attached hydrogens (primary N) is 1. The van der Waals surface area contributed by atoms with Gasteiger partial charge in [0.1, 0.15) is 5.01 Å². The zero-order chi connectivity index (χ0) is 10.0. The van der Waals surface area contributed by atoms with Crippen molar-refractivity contribution >= 4 is 11.3 Å². The molecule has 0 amide bonds. The van der Waals surface area contributed by atoms with Crippen LogP contribution < -0.4 is 5.73 Å². The Morgan fingerprint density at radius 2 is 2.43 bits per heavy atom. The Morgan fingerprint density at radius 3 is 3.00 bits per heavy atom. The number of nitrogens with zero attached hydrogens (tertiary/aromatic N) is 1. The van der Waals surface area contributed by atoms with E-state index in [1.54, 1.807) is 11.3 Å². The Bertz CT molecular complexity index is 307. The van der Waals surface area contributed by atoms with E-state index >= 15 is 0 Å². The Morgan fingerprint density at radius 1 is 1.64 bits per heavy atom. The molecule has 1 aliphatic carbocycles. The van der Waals surface area contributed by atoms with E-state index in [1.807, 2.05) is 6.92 Å². The van der Waals surface area contributed by atoms with Crippen LogP contribution in [0.4, 0.5) is 0 Å². The van der Waals surface area contributed by atoms with Crippen LogP contribution in [0.1, 0.15) is 36.9 Å². The first-order valence-corrected chi connectivity index (χ1v) is 5.94. The van der Waals surface area contributed by atoms with Crippen LogP contribution in [0.3, 0.4) is 0 Å². The van der Waals surface area contributed by atoms with Gasteiger partial charge in [-0.15, -0.1) is 11.3 Å². The second-order valence-corrected chi connectivity index (χ2v) is 4.72. The van der Waals surface area contributed by atoms with Crippen molar-refractivity contribution in [2.75, 3.05) is 6.61 Å². The van der Waals surface area contributed by atoms with Gasteiger partial charge in [0.05, 0.1) is 17.8 Å². The van der Waals surface area contributed by atoms with Gasteiger partial charge in [0.25, 0.3) is 0 Å². The fourth-order valence-electron chi connectivity index (χ4n) is 1.61. The van der Waals surface area contributed by atoms with Crippen LogP contribution in [0, 0.1) is 0 Å². The highest BCUT2D eigenvalue weighted by molar-refractivity contribution is 7.09. The third kappa shape index (κ3) is 1.82. The minimum absolute atomic E-state index is 0.124. The van der Waals surface area contributed by atoms with Crippen molar-refractivity contribution in [3.8, 4) is 0 Å². The van der Waals surface area contributed by atoms with Gasteiger partial charge in [-0.1, -0.05) is 0 Å². The lowest BCUT2D eigenvalue weighted by Gasteiger charge is -2.36. The van der Waals surface area contributed by atoms with E-state index < -0.39 is 0 Å². The van der Waals surface area contributed by atoms with E-state index in [2.05, 4.69) is 10.4 Å². The van der Waals surface area contributed by atoms with E-state index in [1.165, 1.54) is 6.42 Å². The second kappa shape index (κ2) is 3.96. The average Bonchev–Trinajstić information content (AvgIpc) is 2.59. The zero-order valence-corrected chi connectivity index (χ0v) is 9.27. The van der Waals surface area contributed by atoms with E-state index in [0.717, 1.165) is 30.2 Å². The molecule has 1 aromatic rings. The van der Waals surface area contributed by atoms with Crippen molar-refractivity contribution < 1.29 is 4.74 Å². The highest BCUT2D eigenvalue weighted by atomic mass is 32.1. The Hall–Kier alpha value is -0.450. The molecule has 0 atom stereocenters. The molecule has 1 fully saturated rings. The quantitative estimate of drug-likeness (QED) is 0.830. The fourth-order valence-corrected chi connectivity index (χ4v) is 2.45. The molecule has 1 saturated carbocycles. The molecule has 0 bridgehead atoms. The first-order chi connectivity index (χ1) is 6.74. The van der Waals surface area contributed by atoms with E-state index in [9.17, 15) is 0 Å². The number of hydrogen-bond acceptors (Lipinski definition) is 4. The van der Waals surface area contributed by atoms with Gasteiger partial charge in [-0.05, 0) is 26.2 Å². The maximum absolute atomic E-state index is 6.17. The third-order valence-corrected chi connectivity index (χ3v) is 3.56. The standard InChI is InChI=1S/C10H16N2OS/c1-2-13-6-9-12-8(7-14-9)10(11)4-3-5-10/h7H,2-6,11H2,1H3. The lowest BCUT2D eigenvalue weighted by atomic mass is 9.76. The molecule has 4 heteroatoms. The predicted octanol–water partition coefficient (Wildman–Crippen LogP) is 2.02. The topological polar surface area (TPSA) is 48.1 Å². The molecule has 0 aliphatic heterocycles. The normalized spacial score (nSPS) is 19.3. The molecular weight excluding hydrogens is 196 g/mol. The lowest BCUT2D eigenvalue weighted by Crippen LogP contribution is -2.43. The van der Waals surface area contributed by atoms with Crippen molar-refractivity contribution in [2.24, 2.45) is 5.73 Å². The summed E-state index contributed by atoms with van der Waals surface area (Å²) in [6.45, 7) is 3.35. The number of thiazole rings is 1. The van der Waals surface area contributed by atoms with E-state index in [0.29, 0.717) is 6.61 Å². The number of aromatic nitrogens is 1.